The number of halogens is 2. The summed E-state index contributed by atoms with van der Waals surface area (Å²) < 4.78 is 20.7. The molecule has 112 valence electrons. The van der Waals surface area contributed by atoms with Crippen LogP contribution in [0.3, 0.4) is 0 Å². The van der Waals surface area contributed by atoms with Crippen molar-refractivity contribution in [2.75, 3.05) is 6.61 Å². The second-order valence-electron chi connectivity index (χ2n) is 5.26. The first-order valence-electron chi connectivity index (χ1n) is 7.22. The van der Waals surface area contributed by atoms with Gasteiger partial charge >= 0.3 is 0 Å². The Morgan fingerprint density at radius 3 is 2.52 bits per heavy atom. The molecule has 2 aromatic carbocycles. The van der Waals surface area contributed by atoms with Crippen molar-refractivity contribution in [2.45, 2.75) is 33.6 Å². The molecule has 0 saturated heterocycles. The van der Waals surface area contributed by atoms with Gasteiger partial charge in [-0.25, -0.2) is 4.39 Å². The summed E-state index contributed by atoms with van der Waals surface area (Å²) in [6, 6.07) is 9.33. The van der Waals surface area contributed by atoms with E-state index in [4.69, 9.17) is 4.74 Å². The minimum atomic E-state index is -0.302. The second-order valence-corrected chi connectivity index (χ2v) is 6.12. The molecule has 1 nitrogen and oxygen atoms in total. The Morgan fingerprint density at radius 1 is 1.10 bits per heavy atom. The third-order valence-corrected chi connectivity index (χ3v) is 4.36. The van der Waals surface area contributed by atoms with Crippen molar-refractivity contribution in [2.24, 2.45) is 0 Å². The van der Waals surface area contributed by atoms with E-state index in [1.807, 2.05) is 19.9 Å². The SMILES string of the molecule is CCCCOc1ccc(-c2cc(C)c(Br)cc2C)cc1F. The molecule has 0 N–H and O–H groups in total. The van der Waals surface area contributed by atoms with Gasteiger partial charge in [-0.15, -0.1) is 0 Å². The van der Waals surface area contributed by atoms with Gasteiger partial charge in [-0.3, -0.25) is 0 Å². The van der Waals surface area contributed by atoms with E-state index in [9.17, 15) is 4.39 Å². The van der Waals surface area contributed by atoms with Gasteiger partial charge in [0.05, 0.1) is 6.61 Å². The van der Waals surface area contributed by atoms with Gasteiger partial charge < -0.3 is 4.74 Å². The van der Waals surface area contributed by atoms with Crippen LogP contribution in [0.1, 0.15) is 30.9 Å². The molecule has 0 aliphatic carbocycles. The van der Waals surface area contributed by atoms with Crippen LogP contribution in [0.15, 0.2) is 34.8 Å². The normalized spacial score (nSPS) is 10.7. The number of hydrogen-bond acceptors (Lipinski definition) is 1. The van der Waals surface area contributed by atoms with Gasteiger partial charge in [0.25, 0.3) is 0 Å². The van der Waals surface area contributed by atoms with Gasteiger partial charge in [0, 0.05) is 4.47 Å². The molecule has 2 rings (SSSR count). The van der Waals surface area contributed by atoms with Crippen molar-refractivity contribution >= 4 is 15.9 Å². The quantitative estimate of drug-likeness (QED) is 0.596. The second kappa shape index (κ2) is 7.08. The fourth-order valence-corrected chi connectivity index (χ4v) is 2.66. The Bertz CT molecular complexity index is 637. The first-order chi connectivity index (χ1) is 10.0. The lowest BCUT2D eigenvalue weighted by Gasteiger charge is -2.12. The highest BCUT2D eigenvalue weighted by Gasteiger charge is 2.09. The Morgan fingerprint density at radius 2 is 1.86 bits per heavy atom. The largest absolute Gasteiger partial charge is 0.491 e. The van der Waals surface area contributed by atoms with Crippen LogP contribution in [0.25, 0.3) is 11.1 Å². The van der Waals surface area contributed by atoms with Crippen molar-refractivity contribution in [3.63, 3.8) is 0 Å². The summed E-state index contributed by atoms with van der Waals surface area (Å²) in [5, 5.41) is 0. The number of ether oxygens (including phenoxy) is 1. The summed E-state index contributed by atoms with van der Waals surface area (Å²) in [4.78, 5) is 0. The van der Waals surface area contributed by atoms with Gasteiger partial charge in [-0.2, -0.15) is 0 Å². The molecule has 2 aromatic rings. The van der Waals surface area contributed by atoms with E-state index in [-0.39, 0.29) is 5.82 Å². The average molecular weight is 351 g/mol. The van der Waals surface area contributed by atoms with Crippen LogP contribution in [-0.4, -0.2) is 6.61 Å². The molecule has 0 saturated carbocycles. The predicted octanol–water partition coefficient (Wildman–Crippen LogP) is 6.05. The zero-order valence-electron chi connectivity index (χ0n) is 12.7. The summed E-state index contributed by atoms with van der Waals surface area (Å²) in [7, 11) is 0. The van der Waals surface area contributed by atoms with Gasteiger partial charge in [-0.05, 0) is 60.7 Å². The Labute approximate surface area is 134 Å². The molecular weight excluding hydrogens is 331 g/mol. The van der Waals surface area contributed by atoms with Crippen molar-refractivity contribution in [3.8, 4) is 16.9 Å². The fraction of sp³-hybridized carbons (Fsp3) is 0.333. The molecule has 0 radical (unpaired) electrons. The minimum Gasteiger partial charge on any atom is -0.491 e. The van der Waals surface area contributed by atoms with Crippen molar-refractivity contribution in [1.29, 1.82) is 0 Å². The molecule has 21 heavy (non-hydrogen) atoms. The lowest BCUT2D eigenvalue weighted by molar-refractivity contribution is 0.294. The summed E-state index contributed by atoms with van der Waals surface area (Å²) in [6.07, 6.45) is 1.98. The molecule has 3 heteroatoms. The van der Waals surface area contributed by atoms with Crippen LogP contribution in [0, 0.1) is 19.7 Å². The number of benzene rings is 2. The fourth-order valence-electron chi connectivity index (χ4n) is 2.20. The topological polar surface area (TPSA) is 9.23 Å². The summed E-state index contributed by atoms with van der Waals surface area (Å²) in [5.41, 5.74) is 4.18. The van der Waals surface area contributed by atoms with Crippen LogP contribution in [0.5, 0.6) is 5.75 Å². The van der Waals surface area contributed by atoms with Crippen molar-refractivity contribution < 1.29 is 9.13 Å². The van der Waals surface area contributed by atoms with E-state index in [1.165, 1.54) is 0 Å². The molecule has 0 aromatic heterocycles. The van der Waals surface area contributed by atoms with E-state index < -0.39 is 0 Å². The Hall–Kier alpha value is -1.35. The van der Waals surface area contributed by atoms with E-state index in [2.05, 4.69) is 35.0 Å². The van der Waals surface area contributed by atoms with E-state index in [0.29, 0.717) is 12.4 Å². The zero-order chi connectivity index (χ0) is 15.4. The first-order valence-corrected chi connectivity index (χ1v) is 8.01. The minimum absolute atomic E-state index is 0.302. The number of rotatable bonds is 5. The number of aryl methyl sites for hydroxylation is 2. The third kappa shape index (κ3) is 3.85. The Balaban J connectivity index is 2.30. The molecule has 0 bridgehead atoms. The molecule has 0 atom stereocenters. The molecule has 0 unspecified atom stereocenters. The summed E-state index contributed by atoms with van der Waals surface area (Å²) >= 11 is 3.52. The highest BCUT2D eigenvalue weighted by molar-refractivity contribution is 9.10. The lowest BCUT2D eigenvalue weighted by Crippen LogP contribution is -1.99. The van der Waals surface area contributed by atoms with E-state index >= 15 is 0 Å². The monoisotopic (exact) mass is 350 g/mol. The lowest BCUT2D eigenvalue weighted by atomic mass is 9.98. The van der Waals surface area contributed by atoms with Gasteiger partial charge in [0.2, 0.25) is 0 Å². The summed E-state index contributed by atoms with van der Waals surface area (Å²) in [5.74, 6) is 0.0299. The molecule has 0 fully saturated rings. The number of unbranched alkanes of at least 4 members (excludes halogenated alkanes) is 1. The van der Waals surface area contributed by atoms with Gasteiger partial charge in [-0.1, -0.05) is 41.4 Å². The maximum Gasteiger partial charge on any atom is 0.165 e. The zero-order valence-corrected chi connectivity index (χ0v) is 14.3. The maximum atomic E-state index is 14.1. The van der Waals surface area contributed by atoms with Crippen LogP contribution in [-0.2, 0) is 0 Å². The van der Waals surface area contributed by atoms with Crippen molar-refractivity contribution in [1.82, 2.24) is 0 Å². The van der Waals surface area contributed by atoms with Crippen LogP contribution in [0.2, 0.25) is 0 Å². The smallest absolute Gasteiger partial charge is 0.165 e. The number of hydrogen-bond donors (Lipinski definition) is 0. The molecule has 0 heterocycles. The van der Waals surface area contributed by atoms with Crippen LogP contribution < -0.4 is 4.74 Å². The highest BCUT2D eigenvalue weighted by atomic mass is 79.9. The van der Waals surface area contributed by atoms with E-state index in [0.717, 1.165) is 39.6 Å². The van der Waals surface area contributed by atoms with Crippen molar-refractivity contribution in [3.05, 3.63) is 51.7 Å². The van der Waals surface area contributed by atoms with Gasteiger partial charge in [0.15, 0.2) is 11.6 Å². The third-order valence-electron chi connectivity index (χ3n) is 3.50. The molecule has 0 spiro atoms. The first kappa shape index (κ1) is 16.0. The predicted molar refractivity (Wildman–Crippen MR) is 89.4 cm³/mol. The molecule has 0 aliphatic heterocycles. The van der Waals surface area contributed by atoms with Gasteiger partial charge in [0.1, 0.15) is 0 Å². The summed E-state index contributed by atoms with van der Waals surface area (Å²) in [6.45, 7) is 6.71. The molecule has 0 amide bonds. The van der Waals surface area contributed by atoms with Crippen LogP contribution >= 0.6 is 15.9 Å². The maximum absolute atomic E-state index is 14.1. The average Bonchev–Trinajstić information content (AvgIpc) is 2.45. The Kier molecular flexibility index (Phi) is 5.40. The van der Waals surface area contributed by atoms with Crippen LogP contribution in [0.4, 0.5) is 4.39 Å². The van der Waals surface area contributed by atoms with E-state index in [1.54, 1.807) is 12.1 Å². The molecule has 0 aliphatic rings. The highest BCUT2D eigenvalue weighted by Crippen LogP contribution is 2.31. The molecular formula is C18H20BrFO. The standard InChI is InChI=1S/C18H20BrFO/c1-4-5-8-21-18-7-6-14(11-17(18)20)15-9-13(3)16(19)10-12(15)2/h6-7,9-11H,4-5,8H2,1-3H3.